The van der Waals surface area contributed by atoms with E-state index in [0.29, 0.717) is 0 Å². The molecule has 1 aromatic heterocycles. The molecular formula is C9H12BrNO2S. The topological polar surface area (TPSA) is 38.3 Å². The van der Waals surface area contributed by atoms with Gasteiger partial charge in [0, 0.05) is 9.85 Å². The molecule has 1 rings (SSSR count). The standard InChI is InChI=1S/C9H12BrNO2S/c1-9(2,8(12)13-3)11-7-4-6(10)5-14-7/h4-5,11H,1-3H3. The molecular weight excluding hydrogens is 266 g/mol. The van der Waals surface area contributed by atoms with Gasteiger partial charge in [-0.2, -0.15) is 0 Å². The smallest absolute Gasteiger partial charge is 0.330 e. The first kappa shape index (κ1) is 11.5. The number of hydrogen-bond donors (Lipinski definition) is 1. The Morgan fingerprint density at radius 2 is 2.29 bits per heavy atom. The van der Waals surface area contributed by atoms with Gasteiger partial charge in [0.15, 0.2) is 0 Å². The van der Waals surface area contributed by atoms with Gasteiger partial charge in [0.05, 0.1) is 12.1 Å². The van der Waals surface area contributed by atoms with E-state index in [1.807, 2.05) is 11.4 Å². The number of thiophene rings is 1. The molecule has 0 amide bonds. The molecule has 0 atom stereocenters. The van der Waals surface area contributed by atoms with Crippen LogP contribution in [-0.4, -0.2) is 18.6 Å². The first-order chi connectivity index (χ1) is 6.45. The van der Waals surface area contributed by atoms with Crippen molar-refractivity contribution >= 4 is 38.2 Å². The predicted molar refractivity (Wildman–Crippen MR) is 61.7 cm³/mol. The molecule has 0 fully saturated rings. The van der Waals surface area contributed by atoms with Crippen LogP contribution in [0.3, 0.4) is 0 Å². The molecule has 1 heterocycles. The minimum absolute atomic E-state index is 0.276. The Morgan fingerprint density at radius 3 is 2.71 bits per heavy atom. The van der Waals surface area contributed by atoms with Gasteiger partial charge in [-0.25, -0.2) is 4.79 Å². The Balaban J connectivity index is 2.72. The number of ether oxygens (including phenoxy) is 1. The van der Waals surface area contributed by atoms with Crippen molar-refractivity contribution in [1.82, 2.24) is 0 Å². The van der Waals surface area contributed by atoms with E-state index in [-0.39, 0.29) is 5.97 Å². The Morgan fingerprint density at radius 1 is 1.64 bits per heavy atom. The van der Waals surface area contributed by atoms with E-state index in [1.54, 1.807) is 13.8 Å². The molecule has 14 heavy (non-hydrogen) atoms. The highest BCUT2D eigenvalue weighted by Gasteiger charge is 2.28. The summed E-state index contributed by atoms with van der Waals surface area (Å²) in [6, 6.07) is 1.93. The predicted octanol–water partition coefficient (Wildman–Crippen LogP) is 2.87. The quantitative estimate of drug-likeness (QED) is 0.864. The molecule has 0 radical (unpaired) electrons. The summed E-state index contributed by atoms with van der Waals surface area (Å²) in [5.74, 6) is -0.276. The Hall–Kier alpha value is -0.550. The van der Waals surface area contributed by atoms with E-state index in [0.717, 1.165) is 9.47 Å². The lowest BCUT2D eigenvalue weighted by atomic mass is 10.1. The number of carbonyl (C=O) groups excluding carboxylic acids is 1. The zero-order valence-corrected chi connectivity index (χ0v) is 10.7. The summed E-state index contributed by atoms with van der Waals surface area (Å²) < 4.78 is 5.69. The van der Waals surface area contributed by atoms with Gasteiger partial charge in [-0.1, -0.05) is 0 Å². The van der Waals surface area contributed by atoms with E-state index >= 15 is 0 Å². The van der Waals surface area contributed by atoms with Gasteiger partial charge in [-0.3, -0.25) is 0 Å². The number of nitrogens with one attached hydrogen (secondary N) is 1. The first-order valence-electron chi connectivity index (χ1n) is 4.06. The maximum atomic E-state index is 11.4. The van der Waals surface area contributed by atoms with Crippen LogP contribution in [0.5, 0.6) is 0 Å². The van der Waals surface area contributed by atoms with Crippen molar-refractivity contribution < 1.29 is 9.53 Å². The molecule has 0 saturated heterocycles. The van der Waals surface area contributed by atoms with Crippen molar-refractivity contribution in [3.05, 3.63) is 15.9 Å². The van der Waals surface area contributed by atoms with E-state index in [9.17, 15) is 4.79 Å². The third-order valence-corrected chi connectivity index (χ3v) is 3.31. The third-order valence-electron chi connectivity index (χ3n) is 1.70. The molecule has 0 unspecified atom stereocenters. The van der Waals surface area contributed by atoms with Crippen LogP contribution in [0, 0.1) is 0 Å². The maximum Gasteiger partial charge on any atom is 0.330 e. The molecule has 1 aromatic rings. The first-order valence-corrected chi connectivity index (χ1v) is 5.73. The summed E-state index contributed by atoms with van der Waals surface area (Å²) >= 11 is 4.89. The molecule has 0 spiro atoms. The van der Waals surface area contributed by atoms with Crippen LogP contribution in [0.25, 0.3) is 0 Å². The van der Waals surface area contributed by atoms with E-state index in [4.69, 9.17) is 0 Å². The summed E-state index contributed by atoms with van der Waals surface area (Å²) in [5, 5.41) is 6.00. The number of halogens is 1. The fraction of sp³-hybridized carbons (Fsp3) is 0.444. The Kier molecular flexibility index (Phi) is 3.55. The van der Waals surface area contributed by atoms with Crippen molar-refractivity contribution in [3.63, 3.8) is 0 Å². The summed E-state index contributed by atoms with van der Waals surface area (Å²) in [4.78, 5) is 11.4. The van der Waals surface area contributed by atoms with Crippen LogP contribution < -0.4 is 5.32 Å². The lowest BCUT2D eigenvalue weighted by Gasteiger charge is -2.23. The van der Waals surface area contributed by atoms with Crippen LogP contribution in [0.4, 0.5) is 5.00 Å². The van der Waals surface area contributed by atoms with Crippen LogP contribution in [0.1, 0.15) is 13.8 Å². The Bertz CT molecular complexity index is 335. The molecule has 5 heteroatoms. The number of methoxy groups -OCH3 is 1. The monoisotopic (exact) mass is 277 g/mol. The fourth-order valence-corrected chi connectivity index (χ4v) is 2.47. The van der Waals surface area contributed by atoms with Gasteiger partial charge in [0.2, 0.25) is 0 Å². The third kappa shape index (κ3) is 2.72. The highest BCUT2D eigenvalue weighted by molar-refractivity contribution is 9.10. The normalized spacial score (nSPS) is 11.1. The molecule has 3 nitrogen and oxygen atoms in total. The summed E-state index contributed by atoms with van der Waals surface area (Å²) in [5.41, 5.74) is -0.695. The SMILES string of the molecule is COC(=O)C(C)(C)Nc1cc(Br)cs1. The van der Waals surface area contributed by atoms with Gasteiger partial charge in [-0.15, -0.1) is 11.3 Å². The maximum absolute atomic E-state index is 11.4. The van der Waals surface area contributed by atoms with E-state index in [2.05, 4.69) is 26.0 Å². The van der Waals surface area contributed by atoms with Crippen molar-refractivity contribution in [2.75, 3.05) is 12.4 Å². The van der Waals surface area contributed by atoms with Crippen molar-refractivity contribution in [2.24, 2.45) is 0 Å². The number of rotatable bonds is 3. The summed E-state index contributed by atoms with van der Waals surface area (Å²) in [6.45, 7) is 3.57. The zero-order chi connectivity index (χ0) is 10.8. The highest BCUT2D eigenvalue weighted by atomic mass is 79.9. The number of esters is 1. The molecule has 0 aliphatic carbocycles. The van der Waals surface area contributed by atoms with Gasteiger partial charge >= 0.3 is 5.97 Å². The average Bonchev–Trinajstić information content (AvgIpc) is 2.48. The van der Waals surface area contributed by atoms with Gasteiger partial charge < -0.3 is 10.1 Å². The number of carbonyl (C=O) groups is 1. The minimum Gasteiger partial charge on any atom is -0.467 e. The second-order valence-corrected chi connectivity index (χ2v) is 5.20. The van der Waals surface area contributed by atoms with E-state index in [1.165, 1.54) is 18.4 Å². The zero-order valence-electron chi connectivity index (χ0n) is 8.26. The fourth-order valence-electron chi connectivity index (χ4n) is 0.993. The van der Waals surface area contributed by atoms with Gasteiger partial charge in [0.25, 0.3) is 0 Å². The second kappa shape index (κ2) is 4.31. The van der Waals surface area contributed by atoms with Crippen LogP contribution in [0.2, 0.25) is 0 Å². The summed E-state index contributed by atoms with van der Waals surface area (Å²) in [6.07, 6.45) is 0. The molecule has 0 aliphatic rings. The molecule has 78 valence electrons. The van der Waals surface area contributed by atoms with E-state index < -0.39 is 5.54 Å². The van der Waals surface area contributed by atoms with Crippen molar-refractivity contribution in [3.8, 4) is 0 Å². The van der Waals surface area contributed by atoms with Crippen LogP contribution in [-0.2, 0) is 9.53 Å². The van der Waals surface area contributed by atoms with Gasteiger partial charge in [-0.05, 0) is 35.8 Å². The molecule has 0 aromatic carbocycles. The largest absolute Gasteiger partial charge is 0.467 e. The van der Waals surface area contributed by atoms with Gasteiger partial charge in [0.1, 0.15) is 5.54 Å². The Labute approximate surface area is 95.6 Å². The number of hydrogen-bond acceptors (Lipinski definition) is 4. The second-order valence-electron chi connectivity index (χ2n) is 3.37. The highest BCUT2D eigenvalue weighted by Crippen LogP contribution is 2.27. The lowest BCUT2D eigenvalue weighted by molar-refractivity contribution is -0.144. The number of anilines is 1. The van der Waals surface area contributed by atoms with Crippen molar-refractivity contribution in [1.29, 1.82) is 0 Å². The molecule has 0 bridgehead atoms. The molecule has 1 N–H and O–H groups in total. The summed E-state index contributed by atoms with van der Waals surface area (Å²) in [7, 11) is 1.39. The average molecular weight is 278 g/mol. The minimum atomic E-state index is -0.695. The lowest BCUT2D eigenvalue weighted by Crippen LogP contribution is -2.40. The van der Waals surface area contributed by atoms with Crippen LogP contribution in [0.15, 0.2) is 15.9 Å². The molecule has 0 saturated carbocycles. The van der Waals surface area contributed by atoms with Crippen LogP contribution >= 0.6 is 27.3 Å². The molecule has 0 aliphatic heterocycles. The van der Waals surface area contributed by atoms with Crippen molar-refractivity contribution in [2.45, 2.75) is 19.4 Å².